The number of benzene rings is 2. The van der Waals surface area contributed by atoms with E-state index in [-0.39, 0.29) is 34.3 Å². The highest BCUT2D eigenvalue weighted by Crippen LogP contribution is 2.35. The molecule has 176 valence electrons. The number of hydrogen-bond donors (Lipinski definition) is 3. The van der Waals surface area contributed by atoms with Crippen LogP contribution in [-0.2, 0) is 14.4 Å². The zero-order valence-electron chi connectivity index (χ0n) is 18.2. The third kappa shape index (κ3) is 7.26. The van der Waals surface area contributed by atoms with Gasteiger partial charge in [-0.3, -0.25) is 14.4 Å². The van der Waals surface area contributed by atoms with Crippen LogP contribution in [-0.4, -0.2) is 44.8 Å². The standard InChI is InChI=1S/C21H22Cl2N4O6/c1-11(7-19(28)24-12-5-6-16(31-2)13(22)8-12)26-27-21(30)20(29)25-15-10-17(32-3)14(23)9-18(15)33-4/h5-6,8-10H,7H2,1-4H3,(H,24,28)(H,25,29)(H,27,30). The van der Waals surface area contributed by atoms with Crippen LogP contribution in [0.2, 0.25) is 10.0 Å². The van der Waals surface area contributed by atoms with Gasteiger partial charge < -0.3 is 24.8 Å². The van der Waals surface area contributed by atoms with Gasteiger partial charge in [0.2, 0.25) is 5.91 Å². The summed E-state index contributed by atoms with van der Waals surface area (Å²) in [5.41, 5.74) is 3.00. The van der Waals surface area contributed by atoms with Gasteiger partial charge in [-0.05, 0) is 25.1 Å². The van der Waals surface area contributed by atoms with Crippen molar-refractivity contribution in [3.8, 4) is 17.2 Å². The van der Waals surface area contributed by atoms with Gasteiger partial charge in [0.05, 0.1) is 43.5 Å². The average Bonchev–Trinajstić information content (AvgIpc) is 2.78. The highest BCUT2D eigenvalue weighted by Gasteiger charge is 2.18. The third-order valence-electron chi connectivity index (χ3n) is 4.13. The lowest BCUT2D eigenvalue weighted by Gasteiger charge is -2.12. The second-order valence-electron chi connectivity index (χ2n) is 6.50. The molecule has 0 spiro atoms. The number of halogens is 2. The van der Waals surface area contributed by atoms with Gasteiger partial charge in [-0.15, -0.1) is 0 Å². The predicted octanol–water partition coefficient (Wildman–Crippen LogP) is 3.48. The minimum absolute atomic E-state index is 0.131. The summed E-state index contributed by atoms with van der Waals surface area (Å²) in [5, 5.41) is 9.43. The Morgan fingerprint density at radius 2 is 1.48 bits per heavy atom. The summed E-state index contributed by atoms with van der Waals surface area (Å²) < 4.78 is 15.3. The van der Waals surface area contributed by atoms with Gasteiger partial charge in [0, 0.05) is 23.5 Å². The first-order valence-corrected chi connectivity index (χ1v) is 10.1. The van der Waals surface area contributed by atoms with Crippen LogP contribution in [0.25, 0.3) is 0 Å². The molecule has 2 aromatic carbocycles. The van der Waals surface area contributed by atoms with Crippen molar-refractivity contribution >= 4 is 58.0 Å². The number of carbonyl (C=O) groups excluding carboxylic acids is 3. The number of methoxy groups -OCH3 is 3. The number of nitrogens with zero attached hydrogens (tertiary/aromatic N) is 1. The number of hydrazone groups is 1. The number of amides is 3. The van der Waals surface area contributed by atoms with Crippen LogP contribution >= 0.6 is 23.2 Å². The van der Waals surface area contributed by atoms with Gasteiger partial charge in [-0.2, -0.15) is 5.10 Å². The fourth-order valence-corrected chi connectivity index (χ4v) is 3.04. The van der Waals surface area contributed by atoms with Gasteiger partial charge in [-0.1, -0.05) is 23.2 Å². The number of rotatable bonds is 8. The minimum Gasteiger partial charge on any atom is -0.495 e. The lowest BCUT2D eigenvalue weighted by atomic mass is 10.2. The lowest BCUT2D eigenvalue weighted by molar-refractivity contribution is -0.136. The zero-order valence-corrected chi connectivity index (χ0v) is 19.8. The Hall–Kier alpha value is -3.50. The molecule has 0 saturated heterocycles. The molecule has 2 rings (SSSR count). The maximum atomic E-state index is 12.2. The summed E-state index contributed by atoms with van der Waals surface area (Å²) >= 11 is 12.0. The third-order valence-corrected chi connectivity index (χ3v) is 4.72. The first-order chi connectivity index (χ1) is 15.7. The molecular weight excluding hydrogens is 475 g/mol. The maximum Gasteiger partial charge on any atom is 0.329 e. The van der Waals surface area contributed by atoms with E-state index in [9.17, 15) is 14.4 Å². The maximum absolute atomic E-state index is 12.2. The molecule has 12 heteroatoms. The van der Waals surface area contributed by atoms with E-state index >= 15 is 0 Å². The molecule has 0 radical (unpaired) electrons. The van der Waals surface area contributed by atoms with Crippen molar-refractivity contribution in [3.05, 3.63) is 40.4 Å². The van der Waals surface area contributed by atoms with Crippen LogP contribution in [0, 0.1) is 0 Å². The van der Waals surface area contributed by atoms with Gasteiger partial charge >= 0.3 is 11.8 Å². The van der Waals surface area contributed by atoms with Crippen molar-refractivity contribution in [2.45, 2.75) is 13.3 Å². The quantitative estimate of drug-likeness (QED) is 0.291. The lowest BCUT2D eigenvalue weighted by Crippen LogP contribution is -2.33. The number of carbonyl (C=O) groups is 3. The number of nitrogens with one attached hydrogen (secondary N) is 3. The minimum atomic E-state index is -1.05. The Morgan fingerprint density at radius 3 is 2.09 bits per heavy atom. The number of hydrogen-bond acceptors (Lipinski definition) is 7. The Balaban J connectivity index is 1.94. The number of ether oxygens (including phenoxy) is 3. The Morgan fingerprint density at radius 1 is 0.848 bits per heavy atom. The van der Waals surface area contributed by atoms with Crippen molar-refractivity contribution in [2.24, 2.45) is 5.10 Å². The van der Waals surface area contributed by atoms with E-state index in [0.717, 1.165) is 0 Å². The van der Waals surface area contributed by atoms with Gasteiger partial charge in [0.15, 0.2) is 0 Å². The van der Waals surface area contributed by atoms with Crippen molar-refractivity contribution in [1.29, 1.82) is 0 Å². The molecule has 2 aromatic rings. The molecule has 10 nitrogen and oxygen atoms in total. The molecule has 3 N–H and O–H groups in total. The molecule has 0 atom stereocenters. The van der Waals surface area contributed by atoms with Crippen LogP contribution in [0.3, 0.4) is 0 Å². The molecular formula is C21H22Cl2N4O6. The molecule has 0 aliphatic heterocycles. The largest absolute Gasteiger partial charge is 0.495 e. The topological polar surface area (TPSA) is 127 Å². The van der Waals surface area contributed by atoms with Crippen molar-refractivity contribution in [1.82, 2.24) is 5.43 Å². The summed E-state index contributed by atoms with van der Waals surface area (Å²) in [7, 11) is 4.27. The van der Waals surface area contributed by atoms with Crippen LogP contribution in [0.15, 0.2) is 35.4 Å². The molecule has 0 aromatic heterocycles. The van der Waals surface area contributed by atoms with E-state index in [1.54, 1.807) is 12.1 Å². The van der Waals surface area contributed by atoms with Gasteiger partial charge in [0.1, 0.15) is 17.2 Å². The van der Waals surface area contributed by atoms with E-state index < -0.39 is 17.7 Å². The van der Waals surface area contributed by atoms with Crippen molar-refractivity contribution in [2.75, 3.05) is 32.0 Å². The summed E-state index contributed by atoms with van der Waals surface area (Å²) in [6.45, 7) is 1.52. The smallest absolute Gasteiger partial charge is 0.329 e. The van der Waals surface area contributed by atoms with Gasteiger partial charge in [0.25, 0.3) is 0 Å². The first kappa shape index (κ1) is 25.8. The number of anilines is 2. The van der Waals surface area contributed by atoms with Crippen molar-refractivity contribution in [3.63, 3.8) is 0 Å². The molecule has 0 fully saturated rings. The fourth-order valence-electron chi connectivity index (χ4n) is 2.56. The molecule has 3 amide bonds. The SMILES string of the molecule is COc1ccc(NC(=O)CC(C)=NNC(=O)C(=O)Nc2cc(OC)c(Cl)cc2OC)cc1Cl. The molecule has 0 heterocycles. The van der Waals surface area contributed by atoms with E-state index in [1.807, 2.05) is 0 Å². The van der Waals surface area contributed by atoms with Crippen LogP contribution in [0.4, 0.5) is 11.4 Å². The highest BCUT2D eigenvalue weighted by molar-refractivity contribution is 6.40. The zero-order chi connectivity index (χ0) is 24.5. The Bertz CT molecular complexity index is 1090. The molecule has 0 saturated carbocycles. The summed E-state index contributed by atoms with van der Waals surface area (Å²) in [4.78, 5) is 36.5. The normalized spacial score (nSPS) is 10.8. The van der Waals surface area contributed by atoms with Gasteiger partial charge in [-0.25, -0.2) is 5.43 Å². The second-order valence-corrected chi connectivity index (χ2v) is 7.32. The molecule has 33 heavy (non-hydrogen) atoms. The first-order valence-electron chi connectivity index (χ1n) is 9.37. The Kier molecular flexibility index (Phi) is 9.31. The average molecular weight is 497 g/mol. The van der Waals surface area contributed by atoms with Crippen LogP contribution in [0.5, 0.6) is 17.2 Å². The summed E-state index contributed by atoms with van der Waals surface area (Å²) in [6.07, 6.45) is -0.131. The fraction of sp³-hybridized carbons (Fsp3) is 0.238. The van der Waals surface area contributed by atoms with Crippen molar-refractivity contribution < 1.29 is 28.6 Å². The molecule has 0 aliphatic rings. The second kappa shape index (κ2) is 11.9. The molecule has 0 unspecified atom stereocenters. The van der Waals surface area contributed by atoms with E-state index in [0.29, 0.717) is 16.5 Å². The summed E-state index contributed by atoms with van der Waals surface area (Å²) in [5.74, 6) is -1.46. The monoisotopic (exact) mass is 496 g/mol. The molecule has 0 aliphatic carbocycles. The highest BCUT2D eigenvalue weighted by atomic mass is 35.5. The summed E-state index contributed by atoms with van der Waals surface area (Å²) in [6, 6.07) is 7.63. The molecule has 0 bridgehead atoms. The van der Waals surface area contributed by atoms with E-state index in [2.05, 4.69) is 21.2 Å². The van der Waals surface area contributed by atoms with E-state index in [1.165, 1.54) is 46.5 Å². The predicted molar refractivity (Wildman–Crippen MR) is 126 cm³/mol. The Labute approximate surface area is 200 Å². The van der Waals surface area contributed by atoms with E-state index in [4.69, 9.17) is 37.4 Å². The van der Waals surface area contributed by atoms with Crippen LogP contribution < -0.4 is 30.3 Å². The van der Waals surface area contributed by atoms with Crippen LogP contribution in [0.1, 0.15) is 13.3 Å².